The fourth-order valence-corrected chi connectivity index (χ4v) is 3.87. The molecule has 4 rings (SSSR count). The summed E-state index contributed by atoms with van der Waals surface area (Å²) in [4.78, 5) is 15.6. The van der Waals surface area contributed by atoms with Crippen LogP contribution in [0.4, 0.5) is 5.82 Å². The summed E-state index contributed by atoms with van der Waals surface area (Å²) >= 11 is 1.69. The van der Waals surface area contributed by atoms with E-state index in [2.05, 4.69) is 37.9 Å². The zero-order valence-electron chi connectivity index (χ0n) is 13.8. The van der Waals surface area contributed by atoms with Gasteiger partial charge in [0.2, 0.25) is 5.91 Å². The van der Waals surface area contributed by atoms with Gasteiger partial charge in [-0.3, -0.25) is 9.89 Å². The summed E-state index contributed by atoms with van der Waals surface area (Å²) in [6.45, 7) is 1.71. The Hall–Kier alpha value is -2.60. The largest absolute Gasteiger partial charge is 0.353 e. The van der Waals surface area contributed by atoms with Crippen LogP contribution in [-0.2, 0) is 11.2 Å². The third-order valence-electron chi connectivity index (χ3n) is 4.44. The van der Waals surface area contributed by atoms with E-state index in [0.29, 0.717) is 6.42 Å². The molecule has 1 aliphatic heterocycles. The van der Waals surface area contributed by atoms with Crippen LogP contribution in [0.3, 0.4) is 0 Å². The Morgan fingerprint density at radius 2 is 2.16 bits per heavy atom. The summed E-state index contributed by atoms with van der Waals surface area (Å²) in [6, 6.07) is 16.2. The van der Waals surface area contributed by atoms with Gasteiger partial charge in [0.05, 0.1) is 17.0 Å². The van der Waals surface area contributed by atoms with Crippen molar-refractivity contribution in [3.8, 4) is 10.6 Å². The normalized spacial score (nSPS) is 17.0. The average molecular weight is 352 g/mol. The summed E-state index contributed by atoms with van der Waals surface area (Å²) < 4.78 is 0. The average Bonchev–Trinajstić information content (AvgIpc) is 3.36. The van der Waals surface area contributed by atoms with Gasteiger partial charge >= 0.3 is 0 Å². The number of amides is 1. The highest BCUT2D eigenvalue weighted by Crippen LogP contribution is 2.27. The highest BCUT2D eigenvalue weighted by Gasteiger charge is 2.25. The fourth-order valence-electron chi connectivity index (χ4n) is 3.18. The number of H-pyrrole nitrogens is 1. The van der Waals surface area contributed by atoms with E-state index in [4.69, 9.17) is 0 Å². The molecule has 0 aliphatic carbocycles. The molecule has 6 heteroatoms. The van der Waals surface area contributed by atoms with Crippen LogP contribution in [0.5, 0.6) is 0 Å². The van der Waals surface area contributed by atoms with E-state index in [1.807, 2.05) is 36.4 Å². The number of benzene rings is 1. The van der Waals surface area contributed by atoms with Crippen LogP contribution >= 0.6 is 11.3 Å². The Morgan fingerprint density at radius 3 is 2.96 bits per heavy atom. The molecule has 1 unspecified atom stereocenters. The van der Waals surface area contributed by atoms with Gasteiger partial charge in [-0.15, -0.1) is 11.3 Å². The molecule has 2 N–H and O–H groups in total. The lowest BCUT2D eigenvalue weighted by molar-refractivity contribution is -0.121. The van der Waals surface area contributed by atoms with Crippen molar-refractivity contribution in [1.82, 2.24) is 15.5 Å². The first-order valence-corrected chi connectivity index (χ1v) is 9.33. The molecule has 0 bridgehead atoms. The first-order chi connectivity index (χ1) is 12.3. The number of hydrogen-bond donors (Lipinski definition) is 2. The molecule has 0 spiro atoms. The first kappa shape index (κ1) is 15.9. The van der Waals surface area contributed by atoms with Crippen LogP contribution in [0.15, 0.2) is 53.9 Å². The van der Waals surface area contributed by atoms with Crippen molar-refractivity contribution >= 4 is 23.1 Å². The molecular weight excluding hydrogens is 332 g/mol. The first-order valence-electron chi connectivity index (χ1n) is 8.45. The van der Waals surface area contributed by atoms with Crippen LogP contribution in [0, 0.1) is 0 Å². The van der Waals surface area contributed by atoms with Crippen LogP contribution < -0.4 is 10.2 Å². The summed E-state index contributed by atoms with van der Waals surface area (Å²) in [5.74, 6) is 1.03. The molecule has 3 heterocycles. The van der Waals surface area contributed by atoms with Crippen molar-refractivity contribution in [2.24, 2.45) is 0 Å². The van der Waals surface area contributed by atoms with Gasteiger partial charge in [0.1, 0.15) is 0 Å². The molecule has 0 radical (unpaired) electrons. The van der Waals surface area contributed by atoms with Gasteiger partial charge in [-0.2, -0.15) is 5.10 Å². The van der Waals surface area contributed by atoms with Crippen molar-refractivity contribution in [3.05, 3.63) is 59.5 Å². The third kappa shape index (κ3) is 3.74. The molecule has 1 saturated heterocycles. The third-order valence-corrected chi connectivity index (χ3v) is 5.34. The van der Waals surface area contributed by atoms with E-state index in [1.54, 1.807) is 11.3 Å². The van der Waals surface area contributed by atoms with Crippen molar-refractivity contribution in [2.75, 3.05) is 18.0 Å². The standard InChI is InChI=1S/C19H20N4OS/c24-19(11-14-5-2-1-3-6-14)20-15-8-9-23(13-15)18-12-16(21-22-18)17-7-4-10-25-17/h1-7,10,12,15H,8-9,11,13H2,(H,20,24)(H,21,22). The quantitative estimate of drug-likeness (QED) is 0.742. The van der Waals surface area contributed by atoms with E-state index < -0.39 is 0 Å². The molecule has 0 saturated carbocycles. The minimum absolute atomic E-state index is 0.0827. The number of nitrogens with zero attached hydrogens (tertiary/aromatic N) is 2. The van der Waals surface area contributed by atoms with E-state index >= 15 is 0 Å². The van der Waals surface area contributed by atoms with Gasteiger partial charge in [0.25, 0.3) is 0 Å². The maximum Gasteiger partial charge on any atom is 0.224 e. The Bertz CT molecular complexity index is 828. The lowest BCUT2D eigenvalue weighted by Crippen LogP contribution is -2.38. The number of thiophene rings is 1. The molecule has 1 fully saturated rings. The second kappa shape index (κ2) is 7.11. The number of hydrogen-bond acceptors (Lipinski definition) is 4. The van der Waals surface area contributed by atoms with Crippen molar-refractivity contribution in [1.29, 1.82) is 0 Å². The predicted octanol–water partition coefficient (Wildman–Crippen LogP) is 3.08. The number of aromatic amines is 1. The molecule has 128 valence electrons. The highest BCUT2D eigenvalue weighted by atomic mass is 32.1. The molecule has 25 heavy (non-hydrogen) atoms. The molecule has 1 aromatic carbocycles. The summed E-state index contributed by atoms with van der Waals surface area (Å²) in [6.07, 6.45) is 1.38. The van der Waals surface area contributed by atoms with Gasteiger partial charge in [0.15, 0.2) is 5.82 Å². The van der Waals surface area contributed by atoms with E-state index in [-0.39, 0.29) is 11.9 Å². The number of carbonyl (C=O) groups is 1. The van der Waals surface area contributed by atoms with Crippen molar-refractivity contribution in [3.63, 3.8) is 0 Å². The van der Waals surface area contributed by atoms with Gasteiger partial charge < -0.3 is 10.2 Å². The molecule has 5 nitrogen and oxygen atoms in total. The molecule has 1 amide bonds. The predicted molar refractivity (Wildman–Crippen MR) is 101 cm³/mol. The lowest BCUT2D eigenvalue weighted by Gasteiger charge is -2.16. The number of rotatable bonds is 5. The topological polar surface area (TPSA) is 61.0 Å². The zero-order chi connectivity index (χ0) is 17.1. The number of carbonyl (C=O) groups excluding carboxylic acids is 1. The minimum Gasteiger partial charge on any atom is -0.353 e. The number of aromatic nitrogens is 2. The van der Waals surface area contributed by atoms with Crippen LogP contribution in [-0.4, -0.2) is 35.2 Å². The minimum atomic E-state index is 0.0827. The highest BCUT2D eigenvalue weighted by molar-refractivity contribution is 7.13. The Morgan fingerprint density at radius 1 is 1.28 bits per heavy atom. The van der Waals surface area contributed by atoms with Crippen molar-refractivity contribution in [2.45, 2.75) is 18.9 Å². The van der Waals surface area contributed by atoms with Crippen molar-refractivity contribution < 1.29 is 4.79 Å². The van der Waals surface area contributed by atoms with E-state index in [9.17, 15) is 4.79 Å². The monoisotopic (exact) mass is 352 g/mol. The number of anilines is 1. The molecular formula is C19H20N4OS. The van der Waals surface area contributed by atoms with Gasteiger partial charge in [-0.05, 0) is 23.4 Å². The lowest BCUT2D eigenvalue weighted by atomic mass is 10.1. The van der Waals surface area contributed by atoms with E-state index in [0.717, 1.165) is 36.6 Å². The Labute approximate surface area is 150 Å². The fraction of sp³-hybridized carbons (Fsp3) is 0.263. The van der Waals surface area contributed by atoms with Gasteiger partial charge in [-0.1, -0.05) is 36.4 Å². The maximum absolute atomic E-state index is 12.2. The second-order valence-electron chi connectivity index (χ2n) is 6.28. The smallest absolute Gasteiger partial charge is 0.224 e. The molecule has 1 aliphatic rings. The van der Waals surface area contributed by atoms with Crippen LogP contribution in [0.2, 0.25) is 0 Å². The Balaban J connectivity index is 1.33. The maximum atomic E-state index is 12.2. The van der Waals surface area contributed by atoms with E-state index in [1.165, 1.54) is 4.88 Å². The molecule has 3 aromatic rings. The SMILES string of the molecule is O=C(Cc1ccccc1)NC1CCN(c2cc(-c3cccs3)[nH]n2)C1. The molecule has 2 aromatic heterocycles. The summed E-state index contributed by atoms with van der Waals surface area (Å²) in [7, 11) is 0. The zero-order valence-corrected chi connectivity index (χ0v) is 14.6. The van der Waals surface area contributed by atoms with Gasteiger partial charge in [-0.25, -0.2) is 0 Å². The second-order valence-corrected chi connectivity index (χ2v) is 7.23. The summed E-state index contributed by atoms with van der Waals surface area (Å²) in [5.41, 5.74) is 2.09. The van der Waals surface area contributed by atoms with Crippen LogP contribution in [0.25, 0.3) is 10.6 Å². The number of nitrogens with one attached hydrogen (secondary N) is 2. The molecule has 1 atom stereocenters. The Kier molecular flexibility index (Phi) is 4.52. The van der Waals surface area contributed by atoms with Crippen LogP contribution in [0.1, 0.15) is 12.0 Å². The summed E-state index contributed by atoms with van der Waals surface area (Å²) in [5, 5.41) is 12.7. The van der Waals surface area contributed by atoms with Gasteiger partial charge in [0, 0.05) is 25.2 Å².